The van der Waals surface area contributed by atoms with Crippen LogP contribution in [0.5, 0.6) is 5.75 Å². The fourth-order valence-electron chi connectivity index (χ4n) is 3.72. The van der Waals surface area contributed by atoms with Crippen LogP contribution in [-0.4, -0.2) is 31.6 Å². The van der Waals surface area contributed by atoms with Gasteiger partial charge in [-0.05, 0) is 82.9 Å². The van der Waals surface area contributed by atoms with Gasteiger partial charge in [-0.3, -0.25) is 15.0 Å². The number of hydrogen-bond acceptors (Lipinski definition) is 8. The molecule has 1 atom stereocenters. The van der Waals surface area contributed by atoms with E-state index in [-0.39, 0.29) is 16.1 Å². The number of aryl methyl sites for hydroxylation is 1. The molecule has 0 aliphatic rings. The number of carbonyl (C=O) groups is 1. The van der Waals surface area contributed by atoms with E-state index in [1.54, 1.807) is 48.9 Å². The lowest BCUT2D eigenvalue weighted by molar-refractivity contribution is 0.0707. The summed E-state index contributed by atoms with van der Waals surface area (Å²) in [5.41, 5.74) is 4.74. The molecule has 0 saturated carbocycles. The molecule has 10 heteroatoms. The van der Waals surface area contributed by atoms with E-state index in [1.807, 2.05) is 22.9 Å². The van der Waals surface area contributed by atoms with Gasteiger partial charge in [0.15, 0.2) is 5.37 Å². The molecule has 2 aromatic carbocycles. The fraction of sp³-hybridized carbons (Fsp3) is 0.120. The Morgan fingerprint density at radius 3 is 2.49 bits per heavy atom. The minimum Gasteiger partial charge on any atom is -0.497 e. The molecule has 0 fully saturated rings. The zero-order valence-electron chi connectivity index (χ0n) is 18.9. The van der Waals surface area contributed by atoms with Gasteiger partial charge in [0.25, 0.3) is 5.91 Å². The number of rotatable bonds is 8. The van der Waals surface area contributed by atoms with Crippen LogP contribution in [0.2, 0.25) is 0 Å². The monoisotopic (exact) mass is 509 g/mol. The molecule has 0 aliphatic carbocycles. The number of thiophene rings is 1. The van der Waals surface area contributed by atoms with Gasteiger partial charge in [-0.2, -0.15) is 11.3 Å². The first kappa shape index (κ1) is 24.4. The highest BCUT2D eigenvalue weighted by molar-refractivity contribution is 7.91. The molecule has 0 saturated heterocycles. The van der Waals surface area contributed by atoms with E-state index in [1.165, 1.54) is 36.8 Å². The highest BCUT2D eigenvalue weighted by Crippen LogP contribution is 2.36. The highest BCUT2D eigenvalue weighted by atomic mass is 32.2. The second-order valence-corrected chi connectivity index (χ2v) is 10.5. The third-order valence-corrected chi connectivity index (χ3v) is 8.12. The maximum atomic E-state index is 13.8. The van der Waals surface area contributed by atoms with E-state index in [0.29, 0.717) is 16.9 Å². The van der Waals surface area contributed by atoms with Crippen molar-refractivity contribution in [2.45, 2.75) is 17.2 Å². The number of ether oxygens (including phenoxy) is 1. The van der Waals surface area contributed by atoms with Crippen molar-refractivity contribution < 1.29 is 23.2 Å². The first-order chi connectivity index (χ1) is 16.8. The minimum atomic E-state index is -4.00. The summed E-state index contributed by atoms with van der Waals surface area (Å²) in [5.74, 6) is -0.240. The Morgan fingerprint density at radius 2 is 1.89 bits per heavy atom. The van der Waals surface area contributed by atoms with Crippen LogP contribution in [0.3, 0.4) is 0 Å². The molecule has 3 N–H and O–H groups in total. The van der Waals surface area contributed by atoms with Crippen molar-refractivity contribution in [3.63, 3.8) is 0 Å². The molecule has 2 heterocycles. The van der Waals surface area contributed by atoms with Crippen molar-refractivity contribution in [2.24, 2.45) is 0 Å². The lowest BCUT2D eigenvalue weighted by Gasteiger charge is -2.24. The first-order valence-corrected chi connectivity index (χ1v) is 13.0. The van der Waals surface area contributed by atoms with Crippen LogP contribution in [-0.2, 0) is 9.84 Å². The van der Waals surface area contributed by atoms with Crippen LogP contribution in [0.1, 0.15) is 26.9 Å². The molecule has 0 aliphatic heterocycles. The summed E-state index contributed by atoms with van der Waals surface area (Å²) in [6.07, 6.45) is 3.01. The molecule has 0 radical (unpaired) electrons. The number of nitrogens with zero attached hydrogens (tertiary/aromatic N) is 1. The van der Waals surface area contributed by atoms with Crippen LogP contribution in [0.25, 0.3) is 11.1 Å². The summed E-state index contributed by atoms with van der Waals surface area (Å²) >= 11 is 1.52. The number of carbonyl (C=O) groups excluding carboxylic acids is 1. The summed E-state index contributed by atoms with van der Waals surface area (Å²) < 4.78 is 32.7. The molecule has 180 valence electrons. The molecule has 8 nitrogen and oxygen atoms in total. The number of aromatic nitrogens is 1. The first-order valence-electron chi connectivity index (χ1n) is 10.5. The number of hydroxylamine groups is 1. The molecule has 1 unspecified atom stereocenters. The molecule has 1 amide bonds. The summed E-state index contributed by atoms with van der Waals surface area (Å²) in [6, 6.07) is 14.7. The van der Waals surface area contributed by atoms with E-state index in [0.717, 1.165) is 11.1 Å². The molecule has 4 rings (SSSR count). The Morgan fingerprint density at radius 1 is 1.11 bits per heavy atom. The Bertz CT molecular complexity index is 1420. The van der Waals surface area contributed by atoms with Crippen molar-refractivity contribution in [1.82, 2.24) is 10.5 Å². The summed E-state index contributed by atoms with van der Waals surface area (Å²) in [5, 5.41) is 15.1. The number of nitrogens with one attached hydrogen (secondary N) is 2. The number of sulfone groups is 1. The molecule has 35 heavy (non-hydrogen) atoms. The topological polar surface area (TPSA) is 118 Å². The van der Waals surface area contributed by atoms with Gasteiger partial charge in [-0.1, -0.05) is 6.07 Å². The predicted molar refractivity (Wildman–Crippen MR) is 135 cm³/mol. The summed E-state index contributed by atoms with van der Waals surface area (Å²) in [6.45, 7) is 1.77. The number of benzene rings is 2. The van der Waals surface area contributed by atoms with Gasteiger partial charge in [0.1, 0.15) is 5.75 Å². The zero-order valence-corrected chi connectivity index (χ0v) is 20.6. The lowest BCUT2D eigenvalue weighted by Crippen LogP contribution is -2.26. The Hall–Kier alpha value is -3.73. The number of methoxy groups -OCH3 is 1. The second kappa shape index (κ2) is 10.3. The lowest BCUT2D eigenvalue weighted by atomic mass is 9.99. The Balaban J connectivity index is 1.85. The van der Waals surface area contributed by atoms with Gasteiger partial charge < -0.3 is 10.1 Å². The molecule has 0 bridgehead atoms. The maximum absolute atomic E-state index is 13.8. The van der Waals surface area contributed by atoms with Crippen molar-refractivity contribution in [1.29, 1.82) is 0 Å². The van der Waals surface area contributed by atoms with Crippen LogP contribution in [0.4, 0.5) is 5.69 Å². The van der Waals surface area contributed by atoms with Crippen molar-refractivity contribution in [3.8, 4) is 16.9 Å². The van der Waals surface area contributed by atoms with E-state index >= 15 is 0 Å². The van der Waals surface area contributed by atoms with Crippen molar-refractivity contribution >= 4 is 32.8 Å². The molecular formula is C25H23N3O5S2. The third-order valence-electron chi connectivity index (χ3n) is 5.50. The van der Waals surface area contributed by atoms with Crippen LogP contribution < -0.4 is 15.5 Å². The van der Waals surface area contributed by atoms with Gasteiger partial charge in [0, 0.05) is 18.0 Å². The molecule has 0 spiro atoms. The van der Waals surface area contributed by atoms with Gasteiger partial charge >= 0.3 is 0 Å². The molecular weight excluding hydrogens is 486 g/mol. The maximum Gasteiger partial charge on any atom is 0.276 e. The smallest absolute Gasteiger partial charge is 0.276 e. The summed E-state index contributed by atoms with van der Waals surface area (Å²) in [4.78, 5) is 16.8. The van der Waals surface area contributed by atoms with E-state index in [2.05, 4.69) is 10.3 Å². The van der Waals surface area contributed by atoms with Crippen LogP contribution in [0.15, 0.2) is 82.6 Å². The summed E-state index contributed by atoms with van der Waals surface area (Å²) in [7, 11) is -2.50. The van der Waals surface area contributed by atoms with Gasteiger partial charge in [0.05, 0.1) is 23.3 Å². The van der Waals surface area contributed by atoms with E-state index in [4.69, 9.17) is 4.74 Å². The molecule has 2 aromatic heterocycles. The highest BCUT2D eigenvalue weighted by Gasteiger charge is 2.31. The number of hydrogen-bond donors (Lipinski definition) is 3. The third kappa shape index (κ3) is 5.04. The standard InChI is InChI=1S/C25H23N3O5S2/c1-16-12-19(18-9-11-34-15-18)13-22(24(29)28-30)23(16)27-25(17-4-3-10-26-14-17)35(31,32)21-7-5-20(33-2)6-8-21/h3-15,25,27,30H,1-2H3,(H,28,29). The predicted octanol–water partition coefficient (Wildman–Crippen LogP) is 4.83. The van der Waals surface area contributed by atoms with Gasteiger partial charge in [0.2, 0.25) is 9.84 Å². The van der Waals surface area contributed by atoms with E-state index < -0.39 is 21.1 Å². The average Bonchev–Trinajstić information content (AvgIpc) is 3.42. The number of amides is 1. The average molecular weight is 510 g/mol. The number of anilines is 1. The van der Waals surface area contributed by atoms with Crippen LogP contribution >= 0.6 is 11.3 Å². The van der Waals surface area contributed by atoms with E-state index in [9.17, 15) is 18.4 Å². The quantitative estimate of drug-likeness (QED) is 0.230. The van der Waals surface area contributed by atoms with Crippen molar-refractivity contribution in [3.05, 3.63) is 94.4 Å². The Labute approximate surface area is 207 Å². The minimum absolute atomic E-state index is 0.0698. The second-order valence-electron chi connectivity index (χ2n) is 7.70. The normalized spacial score (nSPS) is 12.1. The Kier molecular flexibility index (Phi) is 7.15. The molecule has 4 aromatic rings. The van der Waals surface area contributed by atoms with Gasteiger partial charge in [-0.15, -0.1) is 0 Å². The largest absolute Gasteiger partial charge is 0.497 e. The van der Waals surface area contributed by atoms with Crippen molar-refractivity contribution in [2.75, 3.05) is 12.4 Å². The van der Waals surface area contributed by atoms with Crippen LogP contribution in [0, 0.1) is 6.92 Å². The number of pyridine rings is 1. The fourth-order valence-corrected chi connectivity index (χ4v) is 5.94. The zero-order chi connectivity index (χ0) is 25.0. The van der Waals surface area contributed by atoms with Gasteiger partial charge in [-0.25, -0.2) is 13.9 Å². The SMILES string of the molecule is COc1ccc(S(=O)(=O)C(Nc2c(C)cc(-c3ccsc3)cc2C(=O)NO)c2cccnc2)cc1.